The van der Waals surface area contributed by atoms with Crippen molar-refractivity contribution in [3.8, 4) is 0 Å². The van der Waals surface area contributed by atoms with Crippen molar-refractivity contribution in [1.29, 1.82) is 0 Å². The van der Waals surface area contributed by atoms with Crippen LogP contribution in [0.2, 0.25) is 5.02 Å². The SMILES string of the molecule is Cn1cc(C(=O)OC(C)(C)C)c2c(Cl)cccc21. The van der Waals surface area contributed by atoms with Crippen LogP contribution in [0.1, 0.15) is 31.1 Å². The van der Waals surface area contributed by atoms with Gasteiger partial charge in [0.1, 0.15) is 5.60 Å². The fourth-order valence-electron chi connectivity index (χ4n) is 1.89. The maximum atomic E-state index is 12.1. The van der Waals surface area contributed by atoms with Crippen molar-refractivity contribution < 1.29 is 9.53 Å². The second-order valence-electron chi connectivity index (χ2n) is 5.29. The molecule has 2 rings (SSSR count). The number of aryl methyl sites for hydroxylation is 1. The zero-order valence-electron chi connectivity index (χ0n) is 11.0. The molecular formula is C14H16ClNO2. The quantitative estimate of drug-likeness (QED) is 0.735. The van der Waals surface area contributed by atoms with Crippen molar-refractivity contribution in [3.05, 3.63) is 35.0 Å². The molecule has 0 saturated carbocycles. The maximum absolute atomic E-state index is 12.1. The Morgan fingerprint density at radius 1 is 1.33 bits per heavy atom. The Kier molecular flexibility index (Phi) is 3.11. The van der Waals surface area contributed by atoms with Crippen molar-refractivity contribution in [2.45, 2.75) is 26.4 Å². The van der Waals surface area contributed by atoms with E-state index in [-0.39, 0.29) is 5.97 Å². The number of nitrogens with zero attached hydrogens (tertiary/aromatic N) is 1. The van der Waals surface area contributed by atoms with Crippen LogP contribution in [0.15, 0.2) is 24.4 Å². The summed E-state index contributed by atoms with van der Waals surface area (Å²) in [4.78, 5) is 12.1. The molecule has 0 spiro atoms. The van der Waals surface area contributed by atoms with Gasteiger partial charge in [0.15, 0.2) is 0 Å². The summed E-state index contributed by atoms with van der Waals surface area (Å²) < 4.78 is 7.26. The molecule has 0 atom stereocenters. The monoisotopic (exact) mass is 265 g/mol. The molecule has 1 aromatic heterocycles. The summed E-state index contributed by atoms with van der Waals surface area (Å²) in [6.07, 6.45) is 1.75. The second-order valence-corrected chi connectivity index (χ2v) is 5.70. The van der Waals surface area contributed by atoms with Crippen molar-refractivity contribution >= 4 is 28.5 Å². The summed E-state index contributed by atoms with van der Waals surface area (Å²) in [6, 6.07) is 5.57. The molecule has 0 aliphatic carbocycles. The number of fused-ring (bicyclic) bond motifs is 1. The minimum Gasteiger partial charge on any atom is -0.456 e. The van der Waals surface area contributed by atoms with E-state index in [1.54, 1.807) is 12.3 Å². The molecular weight excluding hydrogens is 250 g/mol. The first-order chi connectivity index (χ1) is 8.29. The van der Waals surface area contributed by atoms with Crippen molar-refractivity contribution in [2.24, 2.45) is 7.05 Å². The van der Waals surface area contributed by atoms with Crippen LogP contribution in [-0.2, 0) is 11.8 Å². The lowest BCUT2D eigenvalue weighted by atomic mass is 10.1. The first kappa shape index (κ1) is 13.0. The van der Waals surface area contributed by atoms with Crippen LogP contribution in [0, 0.1) is 0 Å². The lowest BCUT2D eigenvalue weighted by molar-refractivity contribution is 0.00716. The van der Waals surface area contributed by atoms with Crippen LogP contribution in [0.4, 0.5) is 0 Å². The molecule has 0 amide bonds. The first-order valence-corrected chi connectivity index (χ1v) is 6.14. The highest BCUT2D eigenvalue weighted by molar-refractivity contribution is 6.36. The fraction of sp³-hybridized carbons (Fsp3) is 0.357. The van der Waals surface area contributed by atoms with E-state index < -0.39 is 5.60 Å². The number of rotatable bonds is 1. The van der Waals surface area contributed by atoms with E-state index >= 15 is 0 Å². The number of aromatic nitrogens is 1. The first-order valence-electron chi connectivity index (χ1n) is 5.76. The normalized spacial score (nSPS) is 11.8. The molecule has 0 fully saturated rings. The topological polar surface area (TPSA) is 31.2 Å². The smallest absolute Gasteiger partial charge is 0.340 e. The van der Waals surface area contributed by atoms with E-state index in [1.165, 1.54) is 0 Å². The number of halogens is 1. The van der Waals surface area contributed by atoms with Crippen LogP contribution in [-0.4, -0.2) is 16.1 Å². The van der Waals surface area contributed by atoms with Gasteiger partial charge in [0.2, 0.25) is 0 Å². The van der Waals surface area contributed by atoms with Gasteiger partial charge in [-0.1, -0.05) is 17.7 Å². The molecule has 0 aliphatic rings. The van der Waals surface area contributed by atoms with Crippen LogP contribution in [0.5, 0.6) is 0 Å². The molecule has 0 N–H and O–H groups in total. The second kappa shape index (κ2) is 4.32. The standard InChI is InChI=1S/C14H16ClNO2/c1-14(2,3)18-13(17)9-8-16(4)11-7-5-6-10(15)12(9)11/h5-8H,1-4H3. The number of hydrogen-bond acceptors (Lipinski definition) is 2. The molecule has 96 valence electrons. The highest BCUT2D eigenvalue weighted by atomic mass is 35.5. The fourth-order valence-corrected chi connectivity index (χ4v) is 2.16. The third-order valence-corrected chi connectivity index (χ3v) is 2.90. The molecule has 0 saturated heterocycles. The molecule has 0 aliphatic heterocycles. The number of carbonyl (C=O) groups is 1. The third-order valence-electron chi connectivity index (χ3n) is 2.58. The van der Waals surface area contributed by atoms with Gasteiger partial charge in [-0.15, -0.1) is 0 Å². The van der Waals surface area contributed by atoms with Crippen LogP contribution in [0.3, 0.4) is 0 Å². The number of esters is 1. The van der Waals surface area contributed by atoms with Gasteiger partial charge in [0.25, 0.3) is 0 Å². The number of benzene rings is 1. The lowest BCUT2D eigenvalue weighted by Gasteiger charge is -2.19. The molecule has 0 radical (unpaired) electrons. The zero-order valence-corrected chi connectivity index (χ0v) is 11.7. The van der Waals surface area contributed by atoms with Crippen LogP contribution < -0.4 is 0 Å². The Labute approximate surface area is 111 Å². The largest absolute Gasteiger partial charge is 0.456 e. The Morgan fingerprint density at radius 3 is 2.61 bits per heavy atom. The predicted octanol–water partition coefficient (Wildman–Crippen LogP) is 3.79. The van der Waals surface area contributed by atoms with Crippen molar-refractivity contribution in [3.63, 3.8) is 0 Å². The third kappa shape index (κ3) is 2.36. The van der Waals surface area contributed by atoms with E-state index in [0.717, 1.165) is 10.9 Å². The average Bonchev–Trinajstić information content (AvgIpc) is 2.56. The molecule has 0 unspecified atom stereocenters. The van der Waals surface area contributed by atoms with Gasteiger partial charge in [0.05, 0.1) is 16.1 Å². The summed E-state index contributed by atoms with van der Waals surface area (Å²) >= 11 is 6.17. The summed E-state index contributed by atoms with van der Waals surface area (Å²) in [5, 5.41) is 1.31. The van der Waals surface area contributed by atoms with E-state index in [9.17, 15) is 4.79 Å². The minimum atomic E-state index is -0.513. The zero-order chi connectivity index (χ0) is 13.5. The van der Waals surface area contributed by atoms with E-state index in [4.69, 9.17) is 16.3 Å². The number of carbonyl (C=O) groups excluding carboxylic acids is 1. The lowest BCUT2D eigenvalue weighted by Crippen LogP contribution is -2.23. The summed E-state index contributed by atoms with van der Waals surface area (Å²) in [5.41, 5.74) is 0.914. The van der Waals surface area contributed by atoms with Gasteiger partial charge >= 0.3 is 5.97 Å². The van der Waals surface area contributed by atoms with Gasteiger partial charge < -0.3 is 9.30 Å². The van der Waals surface area contributed by atoms with Gasteiger partial charge in [-0.2, -0.15) is 0 Å². The molecule has 1 heterocycles. The highest BCUT2D eigenvalue weighted by Crippen LogP contribution is 2.29. The van der Waals surface area contributed by atoms with Crippen LogP contribution in [0.25, 0.3) is 10.9 Å². The summed E-state index contributed by atoms with van der Waals surface area (Å²) in [7, 11) is 1.88. The van der Waals surface area contributed by atoms with E-state index in [2.05, 4.69) is 0 Å². The van der Waals surface area contributed by atoms with Gasteiger partial charge in [-0.25, -0.2) is 4.79 Å². The van der Waals surface area contributed by atoms with E-state index in [1.807, 2.05) is 44.5 Å². The van der Waals surface area contributed by atoms with Gasteiger partial charge in [-0.05, 0) is 32.9 Å². The molecule has 3 nitrogen and oxygen atoms in total. The maximum Gasteiger partial charge on any atom is 0.340 e. The highest BCUT2D eigenvalue weighted by Gasteiger charge is 2.22. The molecule has 4 heteroatoms. The Hall–Kier alpha value is -1.48. The van der Waals surface area contributed by atoms with Gasteiger partial charge in [-0.3, -0.25) is 0 Å². The Bertz CT molecular complexity index is 608. The summed E-state index contributed by atoms with van der Waals surface area (Å²) in [6.45, 7) is 5.53. The summed E-state index contributed by atoms with van der Waals surface area (Å²) in [5.74, 6) is -0.346. The molecule has 0 bridgehead atoms. The predicted molar refractivity (Wildman–Crippen MR) is 73.1 cm³/mol. The number of hydrogen-bond donors (Lipinski definition) is 0. The Balaban J connectivity index is 2.55. The number of ether oxygens (including phenoxy) is 1. The van der Waals surface area contributed by atoms with E-state index in [0.29, 0.717) is 10.6 Å². The molecule has 2 aromatic rings. The average molecular weight is 266 g/mol. The Morgan fingerprint density at radius 2 is 2.00 bits per heavy atom. The van der Waals surface area contributed by atoms with Crippen molar-refractivity contribution in [2.75, 3.05) is 0 Å². The van der Waals surface area contributed by atoms with Gasteiger partial charge in [0, 0.05) is 18.6 Å². The van der Waals surface area contributed by atoms with Crippen LogP contribution >= 0.6 is 11.6 Å². The molecule has 1 aromatic carbocycles. The minimum absolute atomic E-state index is 0.346. The van der Waals surface area contributed by atoms with Crippen molar-refractivity contribution in [1.82, 2.24) is 4.57 Å². The molecule has 18 heavy (non-hydrogen) atoms.